The van der Waals surface area contributed by atoms with Crippen molar-refractivity contribution in [3.63, 3.8) is 0 Å². The number of nitrogen functional groups attached to an aromatic ring is 1. The Labute approximate surface area is 119 Å². The van der Waals surface area contributed by atoms with Gasteiger partial charge in [0, 0.05) is 11.8 Å². The average molecular weight is 297 g/mol. The van der Waals surface area contributed by atoms with Crippen molar-refractivity contribution in [2.75, 3.05) is 12.3 Å². The van der Waals surface area contributed by atoms with Gasteiger partial charge in [-0.05, 0) is 12.5 Å². The second kappa shape index (κ2) is 4.36. The first kappa shape index (κ1) is 14.2. The van der Waals surface area contributed by atoms with E-state index in [-0.39, 0.29) is 5.82 Å². The number of rotatable bonds is 3. The number of aliphatic hydroxyl groups is 2. The van der Waals surface area contributed by atoms with Crippen LogP contribution in [0.4, 0.5) is 10.2 Å². The molecule has 1 aromatic rings. The topological polar surface area (TPSA) is 111 Å². The number of hydrogen-bond donors (Lipinski definition) is 3. The van der Waals surface area contributed by atoms with Crippen LogP contribution in [0.25, 0.3) is 0 Å². The smallest absolute Gasteiger partial charge is 0.351 e. The fourth-order valence-corrected chi connectivity index (χ4v) is 3.05. The van der Waals surface area contributed by atoms with Crippen LogP contribution in [-0.2, 0) is 4.74 Å². The van der Waals surface area contributed by atoms with E-state index >= 15 is 0 Å². The summed E-state index contributed by atoms with van der Waals surface area (Å²) in [7, 11) is 0. The van der Waals surface area contributed by atoms with Crippen LogP contribution in [0.5, 0.6) is 0 Å². The van der Waals surface area contributed by atoms with Gasteiger partial charge in [0.2, 0.25) is 0 Å². The van der Waals surface area contributed by atoms with E-state index in [1.807, 2.05) is 6.92 Å². The molecule has 2 aliphatic rings. The van der Waals surface area contributed by atoms with Gasteiger partial charge in [-0.25, -0.2) is 9.18 Å². The summed E-state index contributed by atoms with van der Waals surface area (Å²) < 4.78 is 21.1. The molecule has 7 nitrogen and oxygen atoms in total. The maximum atomic E-state index is 14.6. The van der Waals surface area contributed by atoms with Gasteiger partial charge in [-0.2, -0.15) is 4.98 Å². The molecule has 1 aromatic heterocycles. The minimum atomic E-state index is -1.90. The average Bonchev–Trinajstić information content (AvgIpc) is 2.86. The zero-order chi connectivity index (χ0) is 15.4. The van der Waals surface area contributed by atoms with Gasteiger partial charge >= 0.3 is 5.69 Å². The molecule has 0 amide bonds. The van der Waals surface area contributed by atoms with E-state index in [2.05, 4.69) is 4.98 Å². The first-order valence-corrected chi connectivity index (χ1v) is 6.63. The zero-order valence-electron chi connectivity index (χ0n) is 11.4. The van der Waals surface area contributed by atoms with Crippen molar-refractivity contribution in [3.8, 4) is 0 Å². The molecule has 2 fully saturated rings. The van der Waals surface area contributed by atoms with Gasteiger partial charge in [0.25, 0.3) is 0 Å². The predicted molar refractivity (Wildman–Crippen MR) is 71.1 cm³/mol. The summed E-state index contributed by atoms with van der Waals surface area (Å²) in [6.07, 6.45) is 0.221. The number of halogens is 1. The lowest BCUT2D eigenvalue weighted by atomic mass is 10.1. The van der Waals surface area contributed by atoms with Gasteiger partial charge in [0.1, 0.15) is 5.82 Å². The van der Waals surface area contributed by atoms with E-state index in [0.717, 1.165) is 4.57 Å². The highest BCUT2D eigenvalue weighted by Crippen LogP contribution is 2.67. The Balaban J connectivity index is 2.01. The standard InChI is InChI=1S/C13H16FN3O4/c1-2-3-7-12(6-18)13(7,20)9(14)10(21-12)17-5-4-8(15)16-11(17)19/h3-5,9-10,18,20H,2,6H2,1H3,(H2,15,16,19)/b7-3+/t9-,10+,12-,13-/m0/s1. The van der Waals surface area contributed by atoms with Gasteiger partial charge in [-0.1, -0.05) is 13.0 Å². The number of fused-ring (bicyclic) bond motifs is 1. The van der Waals surface area contributed by atoms with Crippen molar-refractivity contribution >= 4 is 5.82 Å². The third kappa shape index (κ3) is 1.57. The number of ether oxygens (including phenoxy) is 1. The monoisotopic (exact) mass is 297 g/mol. The van der Waals surface area contributed by atoms with Crippen molar-refractivity contribution in [1.29, 1.82) is 0 Å². The molecule has 1 saturated heterocycles. The van der Waals surface area contributed by atoms with Gasteiger partial charge in [0.15, 0.2) is 23.6 Å². The van der Waals surface area contributed by atoms with E-state index in [0.29, 0.717) is 12.0 Å². The highest BCUT2D eigenvalue weighted by molar-refractivity contribution is 5.57. The van der Waals surface area contributed by atoms with Crippen molar-refractivity contribution in [2.45, 2.75) is 36.9 Å². The van der Waals surface area contributed by atoms with Gasteiger partial charge < -0.3 is 20.7 Å². The van der Waals surface area contributed by atoms with Crippen LogP contribution in [0.2, 0.25) is 0 Å². The van der Waals surface area contributed by atoms with E-state index in [4.69, 9.17) is 10.5 Å². The third-order valence-electron chi connectivity index (χ3n) is 4.13. The van der Waals surface area contributed by atoms with Crippen LogP contribution in [0, 0.1) is 0 Å². The normalized spacial score (nSPS) is 39.5. The SMILES string of the molecule is CC/C=C1\[C@]2(CO)O[C@@H](n3ccc(N)nc3=O)[C@H](F)[C@@]12O. The maximum absolute atomic E-state index is 14.6. The van der Waals surface area contributed by atoms with Gasteiger partial charge in [-0.15, -0.1) is 0 Å². The second-order valence-corrected chi connectivity index (χ2v) is 5.23. The quantitative estimate of drug-likeness (QED) is 0.649. The van der Waals surface area contributed by atoms with Gasteiger partial charge in [-0.3, -0.25) is 4.57 Å². The number of nitrogens with two attached hydrogens (primary N) is 1. The molecular formula is C13H16FN3O4. The first-order valence-electron chi connectivity index (χ1n) is 6.63. The Hall–Kier alpha value is -1.77. The van der Waals surface area contributed by atoms with Crippen LogP contribution >= 0.6 is 0 Å². The molecule has 0 spiro atoms. The van der Waals surface area contributed by atoms with Crippen LogP contribution in [0.3, 0.4) is 0 Å². The molecule has 1 saturated carbocycles. The number of allylic oxidation sites excluding steroid dienone is 1. The lowest BCUT2D eigenvalue weighted by Crippen LogP contribution is -2.36. The summed E-state index contributed by atoms with van der Waals surface area (Å²) in [4.78, 5) is 15.3. The van der Waals surface area contributed by atoms with E-state index < -0.39 is 35.9 Å². The molecular weight excluding hydrogens is 281 g/mol. The van der Waals surface area contributed by atoms with E-state index in [1.54, 1.807) is 6.08 Å². The van der Waals surface area contributed by atoms with Crippen LogP contribution in [-0.4, -0.2) is 43.7 Å². The van der Waals surface area contributed by atoms with Crippen LogP contribution in [0.15, 0.2) is 28.7 Å². The van der Waals surface area contributed by atoms with Gasteiger partial charge in [0.05, 0.1) is 6.61 Å². The maximum Gasteiger partial charge on any atom is 0.351 e. The molecule has 4 N–H and O–H groups in total. The lowest BCUT2D eigenvalue weighted by molar-refractivity contribution is -0.0687. The number of alkyl halides is 1. The molecule has 0 aromatic carbocycles. The second-order valence-electron chi connectivity index (χ2n) is 5.23. The summed E-state index contributed by atoms with van der Waals surface area (Å²) in [5.41, 5.74) is 1.54. The Morgan fingerprint density at radius 3 is 2.90 bits per heavy atom. The Bertz CT molecular complexity index is 670. The minimum absolute atomic E-state index is 0.0111. The summed E-state index contributed by atoms with van der Waals surface area (Å²) in [5, 5.41) is 20.0. The summed E-state index contributed by atoms with van der Waals surface area (Å²) in [6, 6.07) is 1.33. The highest BCUT2D eigenvalue weighted by Gasteiger charge is 2.84. The van der Waals surface area contributed by atoms with Crippen LogP contribution < -0.4 is 11.4 Å². The molecule has 4 atom stereocenters. The van der Waals surface area contributed by atoms with Crippen LogP contribution in [0.1, 0.15) is 19.6 Å². The number of aliphatic hydroxyl groups excluding tert-OH is 1. The molecule has 0 radical (unpaired) electrons. The molecule has 21 heavy (non-hydrogen) atoms. The predicted octanol–water partition coefficient (Wildman–Crippen LogP) is -0.495. The Kier molecular flexibility index (Phi) is 2.94. The lowest BCUT2D eigenvalue weighted by Gasteiger charge is -2.21. The molecule has 114 valence electrons. The van der Waals surface area contributed by atoms with Crippen molar-refractivity contribution in [1.82, 2.24) is 9.55 Å². The molecule has 2 heterocycles. The number of nitrogens with zero attached hydrogens (tertiary/aromatic N) is 2. The number of hydrogen-bond acceptors (Lipinski definition) is 6. The first-order chi connectivity index (χ1) is 9.92. The molecule has 0 bridgehead atoms. The minimum Gasteiger partial charge on any atom is -0.393 e. The fraction of sp³-hybridized carbons (Fsp3) is 0.538. The van der Waals surface area contributed by atoms with Crippen molar-refractivity contribution < 1.29 is 19.3 Å². The molecule has 1 aliphatic heterocycles. The van der Waals surface area contributed by atoms with E-state index in [1.165, 1.54) is 12.3 Å². The molecule has 1 aliphatic carbocycles. The summed E-state index contributed by atoms with van der Waals surface area (Å²) in [5.74, 6) is 0.0111. The summed E-state index contributed by atoms with van der Waals surface area (Å²) >= 11 is 0. The molecule has 0 unspecified atom stereocenters. The van der Waals surface area contributed by atoms with Crippen molar-refractivity contribution in [3.05, 3.63) is 34.4 Å². The number of aromatic nitrogens is 2. The fourth-order valence-electron chi connectivity index (χ4n) is 3.05. The largest absolute Gasteiger partial charge is 0.393 e. The molecule has 3 rings (SSSR count). The molecule has 8 heteroatoms. The van der Waals surface area contributed by atoms with E-state index in [9.17, 15) is 19.4 Å². The highest BCUT2D eigenvalue weighted by atomic mass is 19.1. The zero-order valence-corrected chi connectivity index (χ0v) is 11.4. The summed E-state index contributed by atoms with van der Waals surface area (Å²) in [6.45, 7) is 1.26. The third-order valence-corrected chi connectivity index (χ3v) is 4.13. The van der Waals surface area contributed by atoms with Crippen molar-refractivity contribution in [2.24, 2.45) is 0 Å². The Morgan fingerprint density at radius 2 is 2.38 bits per heavy atom. The number of anilines is 1. The Morgan fingerprint density at radius 1 is 1.67 bits per heavy atom.